The highest BCUT2D eigenvalue weighted by Gasteiger charge is 2.14. The lowest BCUT2D eigenvalue weighted by molar-refractivity contribution is -0.135. The molecule has 74 valence electrons. The molecule has 0 N–H and O–H groups in total. The number of carbonyl (C=O) groups is 1. The van der Waals surface area contributed by atoms with E-state index < -0.39 is 0 Å². The first-order valence-corrected chi connectivity index (χ1v) is 4.81. The molecule has 0 bridgehead atoms. The molecular weight excluding hydrogens is 166 g/mol. The average molecular weight is 183 g/mol. The lowest BCUT2D eigenvalue weighted by atomic mass is 10.3. The molecule has 3 nitrogen and oxygen atoms in total. The van der Waals surface area contributed by atoms with E-state index in [0.717, 1.165) is 25.2 Å². The number of rotatable bonds is 3. The van der Waals surface area contributed by atoms with Crippen LogP contribution in [0.25, 0.3) is 0 Å². The summed E-state index contributed by atoms with van der Waals surface area (Å²) in [5, 5.41) is 0. The molecule has 1 aliphatic heterocycles. The summed E-state index contributed by atoms with van der Waals surface area (Å²) in [5.41, 5.74) is 1.10. The second kappa shape index (κ2) is 4.90. The standard InChI is InChI=1S/C10H17NO2/c1-3-9(8-10(12)13-2)11-6-4-5-7-11/h8H,3-7H2,1-2H3/b9-8-. The van der Waals surface area contributed by atoms with Crippen molar-refractivity contribution >= 4 is 5.97 Å². The maximum absolute atomic E-state index is 11.0. The zero-order valence-electron chi connectivity index (χ0n) is 8.38. The van der Waals surface area contributed by atoms with Crippen molar-refractivity contribution in [2.75, 3.05) is 20.2 Å². The average Bonchev–Trinajstić information content (AvgIpc) is 2.66. The van der Waals surface area contributed by atoms with E-state index >= 15 is 0 Å². The largest absolute Gasteiger partial charge is 0.466 e. The van der Waals surface area contributed by atoms with E-state index in [1.165, 1.54) is 20.0 Å². The van der Waals surface area contributed by atoms with Crippen LogP contribution in [0.3, 0.4) is 0 Å². The number of carbonyl (C=O) groups excluding carboxylic acids is 1. The van der Waals surface area contributed by atoms with Crippen LogP contribution in [0, 0.1) is 0 Å². The van der Waals surface area contributed by atoms with Gasteiger partial charge in [0, 0.05) is 24.9 Å². The minimum absolute atomic E-state index is 0.247. The number of likely N-dealkylation sites (tertiary alicyclic amines) is 1. The van der Waals surface area contributed by atoms with Crippen molar-refractivity contribution in [2.45, 2.75) is 26.2 Å². The first-order chi connectivity index (χ1) is 6.27. The Morgan fingerprint density at radius 1 is 1.46 bits per heavy atom. The minimum atomic E-state index is -0.247. The predicted molar refractivity (Wildman–Crippen MR) is 51.2 cm³/mol. The number of methoxy groups -OCH3 is 1. The van der Waals surface area contributed by atoms with Gasteiger partial charge in [-0.3, -0.25) is 0 Å². The Kier molecular flexibility index (Phi) is 3.80. The predicted octanol–water partition coefficient (Wildman–Crippen LogP) is 1.55. The summed E-state index contributed by atoms with van der Waals surface area (Å²) >= 11 is 0. The van der Waals surface area contributed by atoms with Crippen LogP contribution in [0.1, 0.15) is 26.2 Å². The highest BCUT2D eigenvalue weighted by atomic mass is 16.5. The van der Waals surface area contributed by atoms with Crippen LogP contribution in [0.5, 0.6) is 0 Å². The normalized spacial score (nSPS) is 17.7. The van der Waals surface area contributed by atoms with Gasteiger partial charge in [0.2, 0.25) is 0 Å². The minimum Gasteiger partial charge on any atom is -0.466 e. The van der Waals surface area contributed by atoms with Gasteiger partial charge in [-0.05, 0) is 19.3 Å². The summed E-state index contributed by atoms with van der Waals surface area (Å²) in [6.07, 6.45) is 4.97. The van der Waals surface area contributed by atoms with E-state index in [0.29, 0.717) is 0 Å². The summed E-state index contributed by atoms with van der Waals surface area (Å²) in [6.45, 7) is 4.22. The van der Waals surface area contributed by atoms with E-state index in [1.54, 1.807) is 6.08 Å². The maximum atomic E-state index is 11.0. The van der Waals surface area contributed by atoms with Crippen molar-refractivity contribution in [3.8, 4) is 0 Å². The van der Waals surface area contributed by atoms with Crippen LogP contribution in [0.4, 0.5) is 0 Å². The molecule has 3 heteroatoms. The van der Waals surface area contributed by atoms with Crippen molar-refractivity contribution < 1.29 is 9.53 Å². The Hall–Kier alpha value is -0.990. The van der Waals surface area contributed by atoms with Gasteiger partial charge in [-0.2, -0.15) is 0 Å². The molecular formula is C10H17NO2. The molecule has 0 aromatic carbocycles. The van der Waals surface area contributed by atoms with Gasteiger partial charge >= 0.3 is 5.97 Å². The van der Waals surface area contributed by atoms with Gasteiger partial charge in [-0.1, -0.05) is 6.92 Å². The van der Waals surface area contributed by atoms with Crippen molar-refractivity contribution in [1.29, 1.82) is 0 Å². The quantitative estimate of drug-likeness (QED) is 0.491. The van der Waals surface area contributed by atoms with Crippen molar-refractivity contribution in [2.24, 2.45) is 0 Å². The van der Waals surface area contributed by atoms with Crippen LogP contribution in [0.15, 0.2) is 11.8 Å². The van der Waals surface area contributed by atoms with E-state index in [2.05, 4.69) is 16.6 Å². The molecule has 1 fully saturated rings. The van der Waals surface area contributed by atoms with Crippen molar-refractivity contribution in [3.05, 3.63) is 11.8 Å². The molecule has 0 aliphatic carbocycles. The summed E-state index contributed by atoms with van der Waals surface area (Å²) in [6, 6.07) is 0. The summed E-state index contributed by atoms with van der Waals surface area (Å²) in [4.78, 5) is 13.3. The van der Waals surface area contributed by atoms with Crippen molar-refractivity contribution in [1.82, 2.24) is 4.90 Å². The molecule has 13 heavy (non-hydrogen) atoms. The lowest BCUT2D eigenvalue weighted by Crippen LogP contribution is -2.19. The van der Waals surface area contributed by atoms with E-state index in [9.17, 15) is 4.79 Å². The first-order valence-electron chi connectivity index (χ1n) is 4.81. The second-order valence-electron chi connectivity index (χ2n) is 3.21. The summed E-state index contributed by atoms with van der Waals surface area (Å²) in [7, 11) is 1.41. The molecule has 0 aromatic rings. The Bertz CT molecular complexity index is 205. The third-order valence-corrected chi connectivity index (χ3v) is 2.36. The van der Waals surface area contributed by atoms with Gasteiger partial charge in [0.25, 0.3) is 0 Å². The monoisotopic (exact) mass is 183 g/mol. The first kappa shape index (κ1) is 10.1. The SMILES string of the molecule is CC/C(=C/C(=O)OC)N1CCCC1. The summed E-state index contributed by atoms with van der Waals surface area (Å²) in [5.74, 6) is -0.247. The number of ether oxygens (including phenoxy) is 1. The van der Waals surface area contributed by atoms with Crippen LogP contribution in [-0.2, 0) is 9.53 Å². The fraction of sp³-hybridized carbons (Fsp3) is 0.700. The number of hydrogen-bond donors (Lipinski definition) is 0. The van der Waals surface area contributed by atoms with E-state index in [-0.39, 0.29) is 5.97 Å². The number of esters is 1. The third kappa shape index (κ3) is 2.76. The molecule has 0 aromatic heterocycles. The molecule has 1 saturated heterocycles. The number of nitrogens with zero attached hydrogens (tertiary/aromatic N) is 1. The Morgan fingerprint density at radius 3 is 2.54 bits per heavy atom. The molecule has 0 atom stereocenters. The van der Waals surface area contributed by atoms with Gasteiger partial charge in [-0.15, -0.1) is 0 Å². The lowest BCUT2D eigenvalue weighted by Gasteiger charge is -2.19. The molecule has 0 saturated carbocycles. The zero-order chi connectivity index (χ0) is 9.68. The van der Waals surface area contributed by atoms with Crippen molar-refractivity contribution in [3.63, 3.8) is 0 Å². The highest BCUT2D eigenvalue weighted by molar-refractivity contribution is 5.82. The van der Waals surface area contributed by atoms with Gasteiger partial charge in [0.15, 0.2) is 0 Å². The molecule has 0 radical (unpaired) electrons. The zero-order valence-corrected chi connectivity index (χ0v) is 8.38. The van der Waals surface area contributed by atoms with E-state index in [4.69, 9.17) is 0 Å². The Labute approximate surface area is 79.4 Å². The van der Waals surface area contributed by atoms with Crippen LogP contribution < -0.4 is 0 Å². The number of allylic oxidation sites excluding steroid dienone is 1. The molecule has 1 aliphatic rings. The number of hydrogen-bond acceptors (Lipinski definition) is 3. The maximum Gasteiger partial charge on any atom is 0.332 e. The van der Waals surface area contributed by atoms with Crippen LogP contribution in [-0.4, -0.2) is 31.1 Å². The van der Waals surface area contributed by atoms with Gasteiger partial charge < -0.3 is 9.64 Å². The van der Waals surface area contributed by atoms with Gasteiger partial charge in [-0.25, -0.2) is 4.79 Å². The fourth-order valence-corrected chi connectivity index (χ4v) is 1.62. The fourth-order valence-electron chi connectivity index (χ4n) is 1.62. The van der Waals surface area contributed by atoms with Gasteiger partial charge in [0.1, 0.15) is 0 Å². The topological polar surface area (TPSA) is 29.5 Å². The van der Waals surface area contributed by atoms with Crippen LogP contribution in [0.2, 0.25) is 0 Å². The smallest absolute Gasteiger partial charge is 0.332 e. The second-order valence-corrected chi connectivity index (χ2v) is 3.21. The molecule has 0 spiro atoms. The molecule has 0 unspecified atom stereocenters. The molecule has 1 heterocycles. The molecule has 1 rings (SSSR count). The molecule has 0 amide bonds. The van der Waals surface area contributed by atoms with E-state index in [1.807, 2.05) is 0 Å². The highest BCUT2D eigenvalue weighted by Crippen LogP contribution is 2.16. The van der Waals surface area contributed by atoms with Crippen LogP contribution >= 0.6 is 0 Å². The summed E-state index contributed by atoms with van der Waals surface area (Å²) < 4.78 is 4.60. The van der Waals surface area contributed by atoms with Gasteiger partial charge in [0.05, 0.1) is 7.11 Å². The Morgan fingerprint density at radius 2 is 2.08 bits per heavy atom. The third-order valence-electron chi connectivity index (χ3n) is 2.36. The Balaban J connectivity index is 2.59.